The van der Waals surface area contributed by atoms with Crippen molar-refractivity contribution in [3.05, 3.63) is 27.7 Å². The lowest BCUT2D eigenvalue weighted by Gasteiger charge is -2.17. The molecule has 1 aromatic rings. The van der Waals surface area contributed by atoms with E-state index in [0.29, 0.717) is 9.50 Å². The van der Waals surface area contributed by atoms with Gasteiger partial charge >= 0.3 is 5.97 Å². The van der Waals surface area contributed by atoms with E-state index < -0.39 is 16.0 Å². The summed E-state index contributed by atoms with van der Waals surface area (Å²) in [5, 5.41) is 0.429. The number of rotatable bonds is 6. The number of ether oxygens (including phenoxy) is 1. The highest BCUT2D eigenvalue weighted by atomic mass is 79.9. The average molecular weight is 385 g/mol. The number of nitrogens with zero attached hydrogens (tertiary/aromatic N) is 1. The van der Waals surface area contributed by atoms with Gasteiger partial charge in [-0.1, -0.05) is 11.6 Å². The van der Waals surface area contributed by atoms with E-state index in [4.69, 9.17) is 16.3 Å². The maximum Gasteiger partial charge on any atom is 0.307 e. The minimum atomic E-state index is -3.65. The molecule has 112 valence electrons. The molecule has 0 aliphatic heterocycles. The van der Waals surface area contributed by atoms with E-state index in [-0.39, 0.29) is 24.5 Å². The molecule has 0 aromatic heterocycles. The smallest absolute Gasteiger partial charge is 0.307 e. The molecule has 0 saturated heterocycles. The first kappa shape index (κ1) is 17.4. The summed E-state index contributed by atoms with van der Waals surface area (Å²) < 4.78 is 30.9. The predicted octanol–water partition coefficient (Wildman–Crippen LogP) is 2.68. The second-order valence-corrected chi connectivity index (χ2v) is 7.26. The van der Waals surface area contributed by atoms with Crippen LogP contribution in [0.2, 0.25) is 5.02 Å². The Bertz CT molecular complexity index is 591. The number of hydrogen-bond acceptors (Lipinski definition) is 4. The molecule has 1 aromatic carbocycles. The maximum absolute atomic E-state index is 12.3. The highest BCUT2D eigenvalue weighted by molar-refractivity contribution is 9.10. The standard InChI is InChI=1S/C12H15BrClNO4S/c1-3-19-12(16)6-7-15(2)20(17,18)9-4-5-11(14)10(13)8-9/h4-5,8H,3,6-7H2,1-2H3. The molecule has 0 radical (unpaired) electrons. The van der Waals surface area contributed by atoms with Crippen LogP contribution < -0.4 is 0 Å². The fourth-order valence-electron chi connectivity index (χ4n) is 1.42. The minimum Gasteiger partial charge on any atom is -0.466 e. The Kier molecular flexibility index (Phi) is 6.44. The van der Waals surface area contributed by atoms with Crippen LogP contribution in [-0.2, 0) is 19.6 Å². The SMILES string of the molecule is CCOC(=O)CCN(C)S(=O)(=O)c1ccc(Cl)c(Br)c1. The van der Waals surface area contributed by atoms with Gasteiger partial charge in [0.2, 0.25) is 10.0 Å². The summed E-state index contributed by atoms with van der Waals surface area (Å²) >= 11 is 9.01. The predicted molar refractivity (Wildman–Crippen MR) is 80.2 cm³/mol. The van der Waals surface area contributed by atoms with Crippen molar-refractivity contribution in [2.24, 2.45) is 0 Å². The van der Waals surface area contributed by atoms with Gasteiger partial charge < -0.3 is 4.74 Å². The molecule has 1 rings (SSSR count). The maximum atomic E-state index is 12.3. The quantitative estimate of drug-likeness (QED) is 0.707. The van der Waals surface area contributed by atoms with E-state index in [0.717, 1.165) is 4.31 Å². The molecule has 0 aliphatic rings. The third-order valence-electron chi connectivity index (χ3n) is 2.54. The van der Waals surface area contributed by atoms with Gasteiger partial charge in [-0.3, -0.25) is 4.79 Å². The topological polar surface area (TPSA) is 63.7 Å². The fourth-order valence-corrected chi connectivity index (χ4v) is 3.27. The molecule has 0 amide bonds. The molecule has 8 heteroatoms. The zero-order valence-electron chi connectivity index (χ0n) is 11.1. The Hall–Kier alpha value is -0.630. The van der Waals surface area contributed by atoms with Crippen molar-refractivity contribution in [3.8, 4) is 0 Å². The molecule has 5 nitrogen and oxygen atoms in total. The van der Waals surface area contributed by atoms with Crippen molar-refractivity contribution < 1.29 is 17.9 Å². The Morgan fingerprint density at radius 3 is 2.65 bits per heavy atom. The Morgan fingerprint density at radius 2 is 2.10 bits per heavy atom. The number of carbonyl (C=O) groups is 1. The van der Waals surface area contributed by atoms with E-state index in [2.05, 4.69) is 15.9 Å². The van der Waals surface area contributed by atoms with Gasteiger partial charge in [0.25, 0.3) is 0 Å². The van der Waals surface area contributed by atoms with Crippen molar-refractivity contribution >= 4 is 43.5 Å². The Balaban J connectivity index is 2.82. The van der Waals surface area contributed by atoms with E-state index in [9.17, 15) is 13.2 Å². The van der Waals surface area contributed by atoms with Crippen LogP contribution in [0.3, 0.4) is 0 Å². The Labute approximate surface area is 132 Å². The third kappa shape index (κ3) is 4.44. The van der Waals surface area contributed by atoms with Crippen LogP contribution in [0.15, 0.2) is 27.6 Å². The molecular formula is C12H15BrClNO4S. The van der Waals surface area contributed by atoms with E-state index >= 15 is 0 Å². The van der Waals surface area contributed by atoms with Gasteiger partial charge in [0, 0.05) is 18.1 Å². The molecule has 0 saturated carbocycles. The van der Waals surface area contributed by atoms with Crippen LogP contribution in [-0.4, -0.2) is 38.9 Å². The number of hydrogen-bond donors (Lipinski definition) is 0. The molecule has 0 unspecified atom stereocenters. The summed E-state index contributed by atoms with van der Waals surface area (Å²) in [6.45, 7) is 2.03. The number of sulfonamides is 1. The number of benzene rings is 1. The van der Waals surface area contributed by atoms with E-state index in [1.807, 2.05) is 0 Å². The summed E-state index contributed by atoms with van der Waals surface area (Å²) in [4.78, 5) is 11.4. The van der Waals surface area contributed by atoms with Crippen LogP contribution in [0.4, 0.5) is 0 Å². The van der Waals surface area contributed by atoms with Gasteiger partial charge in [0.1, 0.15) is 0 Å². The first-order chi connectivity index (χ1) is 9.28. The highest BCUT2D eigenvalue weighted by Crippen LogP contribution is 2.26. The van der Waals surface area contributed by atoms with Crippen LogP contribution in [0.1, 0.15) is 13.3 Å². The molecule has 0 atom stereocenters. The molecular weight excluding hydrogens is 370 g/mol. The van der Waals surface area contributed by atoms with Gasteiger partial charge in [-0.2, -0.15) is 0 Å². The number of halogens is 2. The number of carbonyl (C=O) groups excluding carboxylic acids is 1. The first-order valence-electron chi connectivity index (χ1n) is 5.86. The molecule has 0 aliphatic carbocycles. The summed E-state index contributed by atoms with van der Waals surface area (Å²) in [6, 6.07) is 4.35. The highest BCUT2D eigenvalue weighted by Gasteiger charge is 2.22. The molecule has 0 fully saturated rings. The second kappa shape index (κ2) is 7.40. The largest absolute Gasteiger partial charge is 0.466 e. The lowest BCUT2D eigenvalue weighted by molar-refractivity contribution is -0.143. The summed E-state index contributed by atoms with van der Waals surface area (Å²) in [5.41, 5.74) is 0. The lowest BCUT2D eigenvalue weighted by atomic mass is 10.4. The second-order valence-electron chi connectivity index (χ2n) is 3.96. The van der Waals surface area contributed by atoms with Crippen molar-refractivity contribution in [3.63, 3.8) is 0 Å². The van der Waals surface area contributed by atoms with Crippen molar-refractivity contribution in [2.45, 2.75) is 18.2 Å². The molecule has 0 spiro atoms. The molecule has 0 heterocycles. The van der Waals surface area contributed by atoms with E-state index in [1.165, 1.54) is 25.2 Å². The minimum absolute atomic E-state index is 0.0122. The van der Waals surface area contributed by atoms with Gasteiger partial charge in [0.05, 0.1) is 22.9 Å². The van der Waals surface area contributed by atoms with Gasteiger partial charge in [0.15, 0.2) is 0 Å². The molecule has 0 N–H and O–H groups in total. The van der Waals surface area contributed by atoms with Crippen molar-refractivity contribution in [1.82, 2.24) is 4.31 Å². The first-order valence-corrected chi connectivity index (χ1v) is 8.47. The fraction of sp³-hybridized carbons (Fsp3) is 0.417. The van der Waals surface area contributed by atoms with Crippen LogP contribution in [0.5, 0.6) is 0 Å². The Morgan fingerprint density at radius 1 is 1.45 bits per heavy atom. The monoisotopic (exact) mass is 383 g/mol. The zero-order valence-corrected chi connectivity index (χ0v) is 14.3. The normalized spacial score (nSPS) is 11.7. The van der Waals surface area contributed by atoms with Crippen molar-refractivity contribution in [2.75, 3.05) is 20.2 Å². The zero-order chi connectivity index (χ0) is 15.3. The van der Waals surface area contributed by atoms with Gasteiger partial charge in [-0.25, -0.2) is 12.7 Å². The van der Waals surface area contributed by atoms with E-state index in [1.54, 1.807) is 6.92 Å². The van der Waals surface area contributed by atoms with Crippen LogP contribution >= 0.6 is 27.5 Å². The molecule has 0 bridgehead atoms. The van der Waals surface area contributed by atoms with Crippen LogP contribution in [0.25, 0.3) is 0 Å². The number of esters is 1. The van der Waals surface area contributed by atoms with Crippen LogP contribution in [0, 0.1) is 0 Å². The summed E-state index contributed by atoms with van der Waals surface area (Å²) in [5.74, 6) is -0.424. The lowest BCUT2D eigenvalue weighted by Crippen LogP contribution is -2.29. The third-order valence-corrected chi connectivity index (χ3v) is 5.60. The summed E-state index contributed by atoms with van der Waals surface area (Å²) in [7, 11) is -2.24. The van der Waals surface area contributed by atoms with Gasteiger partial charge in [-0.15, -0.1) is 0 Å². The molecule has 20 heavy (non-hydrogen) atoms. The summed E-state index contributed by atoms with van der Waals surface area (Å²) in [6.07, 6.45) is 0.0122. The average Bonchev–Trinajstić information content (AvgIpc) is 2.39. The van der Waals surface area contributed by atoms with Gasteiger partial charge in [-0.05, 0) is 41.1 Å². The van der Waals surface area contributed by atoms with Crippen molar-refractivity contribution in [1.29, 1.82) is 0 Å².